The van der Waals surface area contributed by atoms with Gasteiger partial charge in [-0.25, -0.2) is 0 Å². The van der Waals surface area contributed by atoms with Gasteiger partial charge in [-0.15, -0.1) is 0 Å². The summed E-state index contributed by atoms with van der Waals surface area (Å²) in [5, 5.41) is 2.53. The van der Waals surface area contributed by atoms with Gasteiger partial charge in [0.05, 0.1) is 5.41 Å². The third kappa shape index (κ3) is 3.95. The van der Waals surface area contributed by atoms with Gasteiger partial charge in [0.15, 0.2) is 0 Å². The highest BCUT2D eigenvalue weighted by Crippen LogP contribution is 2.59. The van der Waals surface area contributed by atoms with E-state index in [4.69, 9.17) is 4.74 Å². The van der Waals surface area contributed by atoms with Crippen molar-refractivity contribution in [1.82, 2.24) is 0 Å². The second-order valence-corrected chi connectivity index (χ2v) is 13.8. The molecule has 10 rings (SSSR count). The molecule has 1 atom stereocenters. The second-order valence-electron chi connectivity index (χ2n) is 13.8. The maximum absolute atomic E-state index is 6.84. The van der Waals surface area contributed by atoms with Gasteiger partial charge in [0.2, 0.25) is 0 Å². The van der Waals surface area contributed by atoms with Crippen molar-refractivity contribution in [3.8, 4) is 33.8 Å². The van der Waals surface area contributed by atoms with E-state index < -0.39 is 5.41 Å². The summed E-state index contributed by atoms with van der Waals surface area (Å²) >= 11 is 0. The van der Waals surface area contributed by atoms with E-state index in [2.05, 4.69) is 195 Å². The number of fused-ring (bicyclic) bond motifs is 6. The third-order valence-electron chi connectivity index (χ3n) is 11.3. The fourth-order valence-corrected chi connectivity index (χ4v) is 8.97. The number of benzene rings is 8. The lowest BCUT2D eigenvalue weighted by Gasteiger charge is -2.42. The first-order valence-electron chi connectivity index (χ1n) is 17.4. The van der Waals surface area contributed by atoms with E-state index in [9.17, 15) is 0 Å². The largest absolute Gasteiger partial charge is 0.457 e. The Labute approximate surface area is 293 Å². The Balaban J connectivity index is 1.28. The monoisotopic (exact) mass is 638 g/mol. The standard InChI is InChI=1S/C49H34O/c1-48(36-18-5-2-6-19-36)43-32-35(28-29-40(43)41-30-33-16-11-12-17-34(33)31-44(41)48)39-24-15-27-46-47(39)49(37-20-7-3-8-21-37,38-22-9-4-10-23-38)42-25-13-14-26-45(42)50-46/h2-32H,1H3. The maximum Gasteiger partial charge on any atom is 0.132 e. The van der Waals surface area contributed by atoms with Crippen molar-refractivity contribution in [2.45, 2.75) is 17.8 Å². The topological polar surface area (TPSA) is 9.23 Å². The van der Waals surface area contributed by atoms with Crippen LogP contribution in [0.25, 0.3) is 33.0 Å². The van der Waals surface area contributed by atoms with Crippen LogP contribution in [-0.2, 0) is 10.8 Å². The van der Waals surface area contributed by atoms with E-state index in [0.717, 1.165) is 17.1 Å². The first-order valence-corrected chi connectivity index (χ1v) is 17.4. The molecule has 2 aliphatic rings. The van der Waals surface area contributed by atoms with Crippen LogP contribution in [0.15, 0.2) is 188 Å². The molecule has 236 valence electrons. The molecule has 8 aromatic rings. The molecule has 0 saturated heterocycles. The lowest BCUT2D eigenvalue weighted by atomic mass is 9.62. The van der Waals surface area contributed by atoms with Gasteiger partial charge in [0, 0.05) is 16.5 Å². The molecule has 1 heterocycles. The first-order chi connectivity index (χ1) is 24.7. The van der Waals surface area contributed by atoms with Crippen molar-refractivity contribution in [2.75, 3.05) is 0 Å². The van der Waals surface area contributed by atoms with E-state index >= 15 is 0 Å². The Bertz CT molecular complexity index is 2530. The van der Waals surface area contributed by atoms with Crippen LogP contribution in [0.5, 0.6) is 11.5 Å². The highest BCUT2D eigenvalue weighted by atomic mass is 16.5. The van der Waals surface area contributed by atoms with Crippen LogP contribution in [0.2, 0.25) is 0 Å². The summed E-state index contributed by atoms with van der Waals surface area (Å²) in [7, 11) is 0. The number of hydrogen-bond acceptors (Lipinski definition) is 1. The number of hydrogen-bond donors (Lipinski definition) is 0. The molecule has 1 aliphatic carbocycles. The Hall–Kier alpha value is -6.18. The van der Waals surface area contributed by atoms with Crippen LogP contribution < -0.4 is 4.74 Å². The zero-order chi connectivity index (χ0) is 33.3. The van der Waals surface area contributed by atoms with E-state index in [-0.39, 0.29) is 5.41 Å². The predicted octanol–water partition coefficient (Wildman–Crippen LogP) is 12.3. The molecule has 0 aromatic heterocycles. The highest BCUT2D eigenvalue weighted by Gasteiger charge is 2.47. The van der Waals surface area contributed by atoms with E-state index in [0.29, 0.717) is 0 Å². The molecule has 0 saturated carbocycles. The number of ether oxygens (including phenoxy) is 1. The smallest absolute Gasteiger partial charge is 0.132 e. The lowest BCUT2D eigenvalue weighted by molar-refractivity contribution is 0.435. The molecule has 1 unspecified atom stereocenters. The Morgan fingerprint density at radius 3 is 1.64 bits per heavy atom. The maximum atomic E-state index is 6.84. The summed E-state index contributed by atoms with van der Waals surface area (Å²) in [6, 6.07) is 68.7. The molecule has 1 heteroatoms. The molecular formula is C49H34O. The van der Waals surface area contributed by atoms with Gasteiger partial charge in [-0.2, -0.15) is 0 Å². The van der Waals surface area contributed by atoms with Gasteiger partial charge in [-0.1, -0.05) is 158 Å². The zero-order valence-electron chi connectivity index (χ0n) is 27.8. The molecule has 8 aromatic carbocycles. The minimum atomic E-state index is -0.605. The Morgan fingerprint density at radius 2 is 0.940 bits per heavy atom. The van der Waals surface area contributed by atoms with Gasteiger partial charge in [0.25, 0.3) is 0 Å². The molecule has 0 radical (unpaired) electrons. The van der Waals surface area contributed by atoms with Crippen LogP contribution in [-0.4, -0.2) is 0 Å². The van der Waals surface area contributed by atoms with E-state index in [1.54, 1.807) is 0 Å². The van der Waals surface area contributed by atoms with Gasteiger partial charge in [-0.05, 0) is 98.1 Å². The minimum Gasteiger partial charge on any atom is -0.457 e. The predicted molar refractivity (Wildman–Crippen MR) is 205 cm³/mol. The van der Waals surface area contributed by atoms with Gasteiger partial charge < -0.3 is 4.74 Å². The molecule has 1 aliphatic heterocycles. The quantitative estimate of drug-likeness (QED) is 0.186. The second kappa shape index (κ2) is 10.9. The van der Waals surface area contributed by atoms with Crippen LogP contribution in [0, 0.1) is 0 Å². The molecular weight excluding hydrogens is 605 g/mol. The summed E-state index contributed by atoms with van der Waals surface area (Å²) in [6.45, 7) is 2.41. The number of rotatable bonds is 4. The van der Waals surface area contributed by atoms with Crippen molar-refractivity contribution < 1.29 is 4.74 Å². The highest BCUT2D eigenvalue weighted by molar-refractivity contribution is 5.95. The van der Waals surface area contributed by atoms with Gasteiger partial charge >= 0.3 is 0 Å². The van der Waals surface area contributed by atoms with E-state index in [1.807, 2.05) is 0 Å². The van der Waals surface area contributed by atoms with Gasteiger partial charge in [0.1, 0.15) is 11.5 Å². The molecule has 1 nitrogen and oxygen atoms in total. The first kappa shape index (κ1) is 28.8. The minimum absolute atomic E-state index is 0.333. The Morgan fingerprint density at radius 1 is 0.380 bits per heavy atom. The summed E-state index contributed by atoms with van der Waals surface area (Å²) in [5.74, 6) is 1.77. The van der Waals surface area contributed by atoms with Crippen molar-refractivity contribution in [2.24, 2.45) is 0 Å². The van der Waals surface area contributed by atoms with Crippen LogP contribution in [0.4, 0.5) is 0 Å². The van der Waals surface area contributed by atoms with Crippen LogP contribution in [0.1, 0.15) is 45.9 Å². The fraction of sp³-hybridized carbons (Fsp3) is 0.0612. The Kier molecular flexibility index (Phi) is 6.29. The van der Waals surface area contributed by atoms with E-state index in [1.165, 1.54) is 66.4 Å². The lowest BCUT2D eigenvalue weighted by Crippen LogP contribution is -2.34. The summed E-state index contributed by atoms with van der Waals surface area (Å²) in [6.07, 6.45) is 0. The molecule has 0 spiro atoms. The van der Waals surface area contributed by atoms with Crippen LogP contribution in [0.3, 0.4) is 0 Å². The normalized spacial score (nSPS) is 16.5. The molecule has 0 bridgehead atoms. The molecule has 0 fully saturated rings. The molecule has 50 heavy (non-hydrogen) atoms. The molecule has 0 N–H and O–H groups in total. The van der Waals surface area contributed by atoms with Gasteiger partial charge in [-0.3, -0.25) is 0 Å². The average Bonchev–Trinajstić information content (AvgIpc) is 3.43. The average molecular weight is 639 g/mol. The van der Waals surface area contributed by atoms with Crippen molar-refractivity contribution >= 4 is 10.8 Å². The SMILES string of the molecule is CC1(c2ccccc2)c2cc(-c3cccc4c3C(c3ccccc3)(c3ccccc3)c3ccccc3O4)ccc2-c2cc3ccccc3cc21. The van der Waals surface area contributed by atoms with Crippen molar-refractivity contribution in [3.63, 3.8) is 0 Å². The summed E-state index contributed by atoms with van der Waals surface area (Å²) < 4.78 is 6.84. The molecule has 0 amide bonds. The number of para-hydroxylation sites is 1. The fourth-order valence-electron chi connectivity index (χ4n) is 8.97. The summed E-state index contributed by atoms with van der Waals surface area (Å²) in [4.78, 5) is 0. The van der Waals surface area contributed by atoms with Crippen LogP contribution >= 0.6 is 0 Å². The summed E-state index contributed by atoms with van der Waals surface area (Å²) in [5.41, 5.74) is 12.7. The zero-order valence-corrected chi connectivity index (χ0v) is 27.8. The third-order valence-corrected chi connectivity index (χ3v) is 11.3. The van der Waals surface area contributed by atoms with Crippen molar-refractivity contribution in [3.05, 3.63) is 227 Å². The van der Waals surface area contributed by atoms with Crippen molar-refractivity contribution in [1.29, 1.82) is 0 Å².